The molecule has 0 aliphatic carbocycles. The molecule has 1 heterocycles. The third-order valence-electron chi connectivity index (χ3n) is 2.37. The normalized spacial score (nSPS) is 13.1. The summed E-state index contributed by atoms with van der Waals surface area (Å²) in [5, 5.41) is 12.3. The summed E-state index contributed by atoms with van der Waals surface area (Å²) >= 11 is 0. The molecule has 1 N–H and O–H groups in total. The summed E-state index contributed by atoms with van der Waals surface area (Å²) in [4.78, 5) is 10.4. The molecule has 0 aromatic carbocycles. The molecule has 0 saturated carbocycles. The fourth-order valence-electron chi connectivity index (χ4n) is 1.40. The topological polar surface area (TPSA) is 55.1 Å². The maximum absolute atomic E-state index is 12.6. The van der Waals surface area contributed by atoms with E-state index in [4.69, 9.17) is 5.11 Å². The van der Waals surface area contributed by atoms with Gasteiger partial charge in [-0.3, -0.25) is 9.48 Å². The van der Waals surface area contributed by atoms with Gasteiger partial charge in [0.05, 0.1) is 18.5 Å². The van der Waals surface area contributed by atoms with Crippen LogP contribution in [0.1, 0.15) is 23.6 Å². The maximum atomic E-state index is 12.6. The first-order chi connectivity index (χ1) is 6.93. The second-order valence-corrected chi connectivity index (χ2v) is 3.35. The summed E-state index contributed by atoms with van der Waals surface area (Å²) < 4.78 is 26.7. The summed E-state index contributed by atoms with van der Waals surface area (Å²) in [5.74, 6) is -2.51. The highest BCUT2D eigenvalue weighted by Gasteiger charge is 2.28. The Morgan fingerprint density at radius 1 is 1.67 bits per heavy atom. The first kappa shape index (κ1) is 11.6. The number of aromatic nitrogens is 2. The minimum absolute atomic E-state index is 0.301. The number of hydrogen-bond donors (Lipinski definition) is 1. The Morgan fingerprint density at radius 2 is 2.27 bits per heavy atom. The van der Waals surface area contributed by atoms with Crippen molar-refractivity contribution in [2.45, 2.75) is 25.7 Å². The fourth-order valence-corrected chi connectivity index (χ4v) is 1.40. The summed E-state index contributed by atoms with van der Waals surface area (Å²) in [6, 6.07) is 0. The van der Waals surface area contributed by atoms with Gasteiger partial charge >= 0.3 is 5.97 Å². The third-order valence-corrected chi connectivity index (χ3v) is 2.37. The smallest absolute Gasteiger partial charge is 0.304 e. The van der Waals surface area contributed by atoms with E-state index >= 15 is 0 Å². The molecule has 1 aromatic rings. The number of carbonyl (C=O) groups is 1. The van der Waals surface area contributed by atoms with Gasteiger partial charge in [-0.2, -0.15) is 5.10 Å². The number of carboxylic acid groups (broad SMARTS) is 1. The molecule has 0 amide bonds. The predicted molar refractivity (Wildman–Crippen MR) is 48.9 cm³/mol. The van der Waals surface area contributed by atoms with Gasteiger partial charge in [0.1, 0.15) is 0 Å². The van der Waals surface area contributed by atoms with Crippen LogP contribution in [0.25, 0.3) is 0 Å². The lowest BCUT2D eigenvalue weighted by Crippen LogP contribution is -2.14. The molecule has 1 atom stereocenters. The highest BCUT2D eigenvalue weighted by atomic mass is 19.3. The second kappa shape index (κ2) is 4.37. The molecule has 4 nitrogen and oxygen atoms in total. The van der Waals surface area contributed by atoms with E-state index < -0.39 is 24.7 Å². The Labute approximate surface area is 85.5 Å². The summed E-state index contributed by atoms with van der Waals surface area (Å²) in [5.41, 5.74) is 0.872. The van der Waals surface area contributed by atoms with Gasteiger partial charge in [-0.05, 0) is 6.92 Å². The lowest BCUT2D eigenvalue weighted by molar-refractivity contribution is -0.138. The number of hydrogen-bond acceptors (Lipinski definition) is 2. The number of halogens is 2. The first-order valence-corrected chi connectivity index (χ1v) is 4.42. The van der Waals surface area contributed by atoms with Crippen LogP contribution in [0.15, 0.2) is 6.20 Å². The Balaban J connectivity index is 2.99. The van der Waals surface area contributed by atoms with Gasteiger partial charge in [0.25, 0.3) is 0 Å². The number of nitrogens with zero attached hydrogens (tertiary/aromatic N) is 2. The Kier molecular flexibility index (Phi) is 3.39. The van der Waals surface area contributed by atoms with Crippen LogP contribution >= 0.6 is 0 Å². The lowest BCUT2D eigenvalue weighted by Gasteiger charge is -2.13. The zero-order chi connectivity index (χ0) is 11.6. The number of aliphatic carboxylic acids is 1. The Morgan fingerprint density at radius 3 is 2.60 bits per heavy atom. The van der Waals surface area contributed by atoms with Crippen molar-refractivity contribution in [3.8, 4) is 0 Å². The third kappa shape index (κ3) is 2.51. The molecule has 1 rings (SSSR count). The minimum Gasteiger partial charge on any atom is -0.481 e. The Hall–Kier alpha value is -1.46. The largest absolute Gasteiger partial charge is 0.481 e. The molecule has 6 heteroatoms. The fraction of sp³-hybridized carbons (Fsp3) is 0.556. The van der Waals surface area contributed by atoms with Gasteiger partial charge < -0.3 is 5.11 Å². The molecule has 0 saturated heterocycles. The summed E-state index contributed by atoms with van der Waals surface area (Å²) in [6.07, 6.45) is -1.97. The van der Waals surface area contributed by atoms with Gasteiger partial charge in [0, 0.05) is 18.3 Å². The molecule has 0 spiro atoms. The SMILES string of the molecule is Cc1c(C(CC(=O)O)C(F)F)cnn1C. The summed E-state index contributed by atoms with van der Waals surface area (Å²) in [7, 11) is 1.63. The zero-order valence-electron chi connectivity index (χ0n) is 8.44. The standard InChI is InChI=1S/C9H12F2N2O2/c1-5-7(4-12-13(5)2)6(9(10)11)3-8(14)15/h4,6,9H,3H2,1-2H3,(H,14,15). The molecule has 0 aliphatic rings. The monoisotopic (exact) mass is 218 g/mol. The van der Waals surface area contributed by atoms with Crippen molar-refractivity contribution >= 4 is 5.97 Å². The molecule has 0 bridgehead atoms. The Bertz CT molecular complexity index is 363. The molecule has 0 fully saturated rings. The van der Waals surface area contributed by atoms with Crippen LogP contribution in [0.3, 0.4) is 0 Å². The molecule has 1 unspecified atom stereocenters. The average molecular weight is 218 g/mol. The predicted octanol–water partition coefficient (Wildman–Crippen LogP) is 1.55. The highest BCUT2D eigenvalue weighted by molar-refractivity contribution is 5.68. The molecule has 0 aliphatic heterocycles. The maximum Gasteiger partial charge on any atom is 0.304 e. The van der Waals surface area contributed by atoms with Crippen molar-refractivity contribution in [2.75, 3.05) is 0 Å². The van der Waals surface area contributed by atoms with Gasteiger partial charge in [-0.1, -0.05) is 0 Å². The molecular weight excluding hydrogens is 206 g/mol. The minimum atomic E-state index is -2.69. The van der Waals surface area contributed by atoms with Gasteiger partial charge in [0.15, 0.2) is 0 Å². The number of alkyl halides is 2. The molecule has 1 aromatic heterocycles. The lowest BCUT2D eigenvalue weighted by atomic mass is 9.97. The van der Waals surface area contributed by atoms with Crippen LogP contribution in [-0.4, -0.2) is 27.3 Å². The van der Waals surface area contributed by atoms with E-state index in [1.807, 2.05) is 0 Å². The van der Waals surface area contributed by atoms with Crippen LogP contribution in [-0.2, 0) is 11.8 Å². The van der Waals surface area contributed by atoms with E-state index in [-0.39, 0.29) is 0 Å². The van der Waals surface area contributed by atoms with Crippen LogP contribution in [0.5, 0.6) is 0 Å². The summed E-state index contributed by atoms with van der Waals surface area (Å²) in [6.45, 7) is 1.64. The van der Waals surface area contributed by atoms with E-state index in [0.29, 0.717) is 11.3 Å². The van der Waals surface area contributed by atoms with Crippen LogP contribution < -0.4 is 0 Å². The number of rotatable bonds is 4. The molecule has 15 heavy (non-hydrogen) atoms. The molecule has 0 radical (unpaired) electrons. The van der Waals surface area contributed by atoms with Crippen LogP contribution in [0, 0.1) is 6.92 Å². The van der Waals surface area contributed by atoms with Crippen molar-refractivity contribution in [3.05, 3.63) is 17.5 Å². The second-order valence-electron chi connectivity index (χ2n) is 3.35. The van der Waals surface area contributed by atoms with E-state index in [9.17, 15) is 13.6 Å². The van der Waals surface area contributed by atoms with E-state index in [1.165, 1.54) is 10.9 Å². The van der Waals surface area contributed by atoms with E-state index in [2.05, 4.69) is 5.10 Å². The van der Waals surface area contributed by atoms with Crippen molar-refractivity contribution in [1.29, 1.82) is 0 Å². The van der Waals surface area contributed by atoms with Gasteiger partial charge in [-0.15, -0.1) is 0 Å². The van der Waals surface area contributed by atoms with E-state index in [1.54, 1.807) is 14.0 Å². The van der Waals surface area contributed by atoms with Crippen LogP contribution in [0.2, 0.25) is 0 Å². The van der Waals surface area contributed by atoms with Crippen molar-refractivity contribution in [3.63, 3.8) is 0 Å². The molecule has 84 valence electrons. The van der Waals surface area contributed by atoms with Gasteiger partial charge in [0.2, 0.25) is 6.43 Å². The van der Waals surface area contributed by atoms with Crippen molar-refractivity contribution in [2.24, 2.45) is 7.05 Å². The average Bonchev–Trinajstić information content (AvgIpc) is 2.44. The highest BCUT2D eigenvalue weighted by Crippen LogP contribution is 2.28. The molecular formula is C9H12F2N2O2. The van der Waals surface area contributed by atoms with Crippen LogP contribution in [0.4, 0.5) is 8.78 Å². The zero-order valence-corrected chi connectivity index (χ0v) is 8.44. The quantitative estimate of drug-likeness (QED) is 0.834. The first-order valence-electron chi connectivity index (χ1n) is 4.42. The van der Waals surface area contributed by atoms with Crippen molar-refractivity contribution < 1.29 is 18.7 Å². The van der Waals surface area contributed by atoms with Gasteiger partial charge in [-0.25, -0.2) is 8.78 Å². The number of carboxylic acids is 1. The van der Waals surface area contributed by atoms with E-state index in [0.717, 1.165) is 0 Å². The number of aryl methyl sites for hydroxylation is 1. The van der Waals surface area contributed by atoms with Crippen molar-refractivity contribution in [1.82, 2.24) is 9.78 Å².